The zero-order valence-corrected chi connectivity index (χ0v) is 8.86. The molecule has 0 fully saturated rings. The number of aliphatic hydroxyl groups excluding tert-OH is 1. The first kappa shape index (κ1) is 11.6. The second-order valence-corrected chi connectivity index (χ2v) is 3.39. The van der Waals surface area contributed by atoms with E-state index in [1.807, 2.05) is 0 Å². The zero-order valence-electron chi connectivity index (χ0n) is 8.86. The normalized spacial score (nSPS) is 12.5. The number of nitrogens with zero attached hydrogens (tertiary/aromatic N) is 2. The minimum Gasteiger partial charge on any atom is -0.394 e. The number of nitrogens with one attached hydrogen (secondary N) is 1. The molecular formula is C9H15N3O3. The summed E-state index contributed by atoms with van der Waals surface area (Å²) in [5.74, 6) is 0.890. The quantitative estimate of drug-likeness (QED) is 0.707. The molecule has 0 saturated carbocycles. The van der Waals surface area contributed by atoms with E-state index in [0.717, 1.165) is 0 Å². The third-order valence-corrected chi connectivity index (χ3v) is 1.82. The summed E-state index contributed by atoms with van der Waals surface area (Å²) in [7, 11) is 0. The molecule has 0 aliphatic heterocycles. The molecule has 0 unspecified atom stereocenters. The van der Waals surface area contributed by atoms with Gasteiger partial charge in [-0.3, -0.25) is 4.79 Å². The van der Waals surface area contributed by atoms with Crippen molar-refractivity contribution in [3.8, 4) is 0 Å². The second-order valence-electron chi connectivity index (χ2n) is 3.39. The van der Waals surface area contributed by atoms with Crippen LogP contribution in [-0.2, 0) is 11.2 Å². The Morgan fingerprint density at radius 1 is 1.67 bits per heavy atom. The minimum atomic E-state index is -0.220. The highest BCUT2D eigenvalue weighted by Crippen LogP contribution is 1.99. The van der Waals surface area contributed by atoms with Crippen LogP contribution < -0.4 is 5.32 Å². The van der Waals surface area contributed by atoms with Gasteiger partial charge >= 0.3 is 0 Å². The molecule has 1 aromatic rings. The molecule has 1 aromatic heterocycles. The molecule has 0 aromatic carbocycles. The van der Waals surface area contributed by atoms with Gasteiger partial charge in [0.1, 0.15) is 0 Å². The van der Waals surface area contributed by atoms with Crippen LogP contribution in [0.2, 0.25) is 0 Å². The number of hydrogen-bond acceptors (Lipinski definition) is 5. The Labute approximate surface area is 87.7 Å². The lowest BCUT2D eigenvalue weighted by atomic mass is 10.2. The van der Waals surface area contributed by atoms with Crippen LogP contribution in [-0.4, -0.2) is 33.8 Å². The molecule has 0 aliphatic rings. The van der Waals surface area contributed by atoms with Gasteiger partial charge in [0.05, 0.1) is 6.61 Å². The van der Waals surface area contributed by atoms with Gasteiger partial charge in [0.15, 0.2) is 5.82 Å². The Morgan fingerprint density at radius 3 is 2.93 bits per heavy atom. The highest BCUT2D eigenvalue weighted by molar-refractivity contribution is 5.76. The Hall–Kier alpha value is -1.43. The Morgan fingerprint density at radius 2 is 2.40 bits per heavy atom. The van der Waals surface area contributed by atoms with Crippen molar-refractivity contribution in [1.82, 2.24) is 15.5 Å². The fourth-order valence-electron chi connectivity index (χ4n) is 1.05. The van der Waals surface area contributed by atoms with Gasteiger partial charge in [0.25, 0.3) is 0 Å². The molecule has 2 N–H and O–H groups in total. The topological polar surface area (TPSA) is 88.2 Å². The van der Waals surface area contributed by atoms with E-state index in [2.05, 4.69) is 15.5 Å². The van der Waals surface area contributed by atoms with Crippen molar-refractivity contribution in [2.75, 3.05) is 6.61 Å². The van der Waals surface area contributed by atoms with E-state index in [4.69, 9.17) is 9.63 Å². The SMILES string of the molecule is Cc1noc(CCC(=O)N[C@@H](C)CO)n1. The monoisotopic (exact) mass is 213 g/mol. The molecule has 0 aliphatic carbocycles. The van der Waals surface area contributed by atoms with Crippen LogP contribution in [0.3, 0.4) is 0 Å². The number of aryl methyl sites for hydroxylation is 2. The molecule has 1 rings (SSSR count). The molecule has 0 spiro atoms. The smallest absolute Gasteiger partial charge is 0.227 e. The Balaban J connectivity index is 2.28. The lowest BCUT2D eigenvalue weighted by Crippen LogP contribution is -2.35. The van der Waals surface area contributed by atoms with Crippen LogP contribution in [0, 0.1) is 6.92 Å². The number of aromatic nitrogens is 2. The van der Waals surface area contributed by atoms with Gasteiger partial charge in [-0.25, -0.2) is 0 Å². The van der Waals surface area contributed by atoms with E-state index in [1.54, 1.807) is 13.8 Å². The first-order chi connectivity index (χ1) is 7.11. The summed E-state index contributed by atoms with van der Waals surface area (Å²) in [5.41, 5.74) is 0. The summed E-state index contributed by atoms with van der Waals surface area (Å²) in [6.45, 7) is 3.39. The van der Waals surface area contributed by atoms with Crippen molar-refractivity contribution < 1.29 is 14.4 Å². The van der Waals surface area contributed by atoms with Gasteiger partial charge in [-0.15, -0.1) is 0 Å². The highest BCUT2D eigenvalue weighted by atomic mass is 16.5. The molecule has 1 amide bonds. The van der Waals surface area contributed by atoms with Crippen LogP contribution in [0.1, 0.15) is 25.1 Å². The van der Waals surface area contributed by atoms with Crippen LogP contribution >= 0.6 is 0 Å². The minimum absolute atomic E-state index is 0.0641. The number of aliphatic hydroxyl groups is 1. The molecule has 1 heterocycles. The van der Waals surface area contributed by atoms with Crippen molar-refractivity contribution in [2.45, 2.75) is 32.7 Å². The predicted molar refractivity (Wildman–Crippen MR) is 52.0 cm³/mol. The van der Waals surface area contributed by atoms with Crippen LogP contribution in [0.4, 0.5) is 0 Å². The number of carbonyl (C=O) groups excluding carboxylic acids is 1. The molecule has 0 saturated heterocycles. The molecule has 0 bridgehead atoms. The summed E-state index contributed by atoms with van der Waals surface area (Å²) in [5, 5.41) is 15.0. The number of hydrogen-bond donors (Lipinski definition) is 2. The zero-order chi connectivity index (χ0) is 11.3. The fraction of sp³-hybridized carbons (Fsp3) is 0.667. The van der Waals surface area contributed by atoms with E-state index in [-0.39, 0.29) is 25.0 Å². The van der Waals surface area contributed by atoms with Gasteiger partial charge in [-0.05, 0) is 13.8 Å². The summed E-state index contributed by atoms with van der Waals surface area (Å²) in [4.78, 5) is 15.3. The largest absolute Gasteiger partial charge is 0.394 e. The van der Waals surface area contributed by atoms with Gasteiger partial charge in [-0.1, -0.05) is 5.16 Å². The number of amides is 1. The van der Waals surface area contributed by atoms with Crippen LogP contribution in [0.5, 0.6) is 0 Å². The van der Waals surface area contributed by atoms with Crippen molar-refractivity contribution in [2.24, 2.45) is 0 Å². The average Bonchev–Trinajstić information content (AvgIpc) is 2.61. The Bertz CT molecular complexity index is 324. The summed E-state index contributed by atoms with van der Waals surface area (Å²) < 4.78 is 4.86. The van der Waals surface area contributed by atoms with Gasteiger partial charge < -0.3 is 14.9 Å². The first-order valence-corrected chi connectivity index (χ1v) is 4.81. The van der Waals surface area contributed by atoms with Crippen molar-refractivity contribution >= 4 is 5.91 Å². The van der Waals surface area contributed by atoms with Crippen LogP contribution in [0.25, 0.3) is 0 Å². The molecule has 84 valence electrons. The van der Waals surface area contributed by atoms with Crippen molar-refractivity contribution in [1.29, 1.82) is 0 Å². The highest BCUT2D eigenvalue weighted by Gasteiger charge is 2.09. The van der Waals surface area contributed by atoms with Gasteiger partial charge in [-0.2, -0.15) is 4.98 Å². The average molecular weight is 213 g/mol. The molecule has 1 atom stereocenters. The third kappa shape index (κ3) is 4.07. The molecule has 6 heteroatoms. The maximum atomic E-state index is 11.3. The van der Waals surface area contributed by atoms with E-state index in [0.29, 0.717) is 18.1 Å². The van der Waals surface area contributed by atoms with Gasteiger partial charge in [0, 0.05) is 18.9 Å². The summed E-state index contributed by atoms with van der Waals surface area (Å²) in [6.07, 6.45) is 0.705. The fourth-order valence-corrected chi connectivity index (χ4v) is 1.05. The van der Waals surface area contributed by atoms with Crippen LogP contribution in [0.15, 0.2) is 4.52 Å². The number of carbonyl (C=O) groups is 1. The maximum absolute atomic E-state index is 11.3. The van der Waals surface area contributed by atoms with E-state index in [9.17, 15) is 4.79 Å². The van der Waals surface area contributed by atoms with Crippen molar-refractivity contribution in [3.63, 3.8) is 0 Å². The molecule has 15 heavy (non-hydrogen) atoms. The lowest BCUT2D eigenvalue weighted by molar-refractivity contribution is -0.122. The second kappa shape index (κ2) is 5.45. The third-order valence-electron chi connectivity index (χ3n) is 1.82. The van der Waals surface area contributed by atoms with Gasteiger partial charge in [0.2, 0.25) is 11.8 Å². The maximum Gasteiger partial charge on any atom is 0.227 e. The predicted octanol–water partition coefficient (Wildman–Crippen LogP) is -0.192. The van der Waals surface area contributed by atoms with E-state index >= 15 is 0 Å². The summed E-state index contributed by atoms with van der Waals surface area (Å²) in [6, 6.07) is -0.220. The molecular weight excluding hydrogens is 198 g/mol. The van der Waals surface area contributed by atoms with E-state index in [1.165, 1.54) is 0 Å². The van der Waals surface area contributed by atoms with Crippen molar-refractivity contribution in [3.05, 3.63) is 11.7 Å². The number of rotatable bonds is 5. The standard InChI is InChI=1S/C9H15N3O3/c1-6(5-13)10-8(14)3-4-9-11-7(2)12-15-9/h6,13H,3-5H2,1-2H3,(H,10,14)/t6-/m0/s1. The molecule has 6 nitrogen and oxygen atoms in total. The lowest BCUT2D eigenvalue weighted by Gasteiger charge is -2.09. The van der Waals surface area contributed by atoms with E-state index < -0.39 is 0 Å². The summed E-state index contributed by atoms with van der Waals surface area (Å²) >= 11 is 0. The first-order valence-electron chi connectivity index (χ1n) is 4.81. The molecule has 0 radical (unpaired) electrons. The Kier molecular flexibility index (Phi) is 4.23.